The van der Waals surface area contributed by atoms with Crippen molar-refractivity contribution in [3.05, 3.63) is 65.0 Å². The van der Waals surface area contributed by atoms with Gasteiger partial charge in [0.25, 0.3) is 0 Å². The summed E-state index contributed by atoms with van der Waals surface area (Å²) in [5, 5.41) is 1.81. The second kappa shape index (κ2) is 9.32. The summed E-state index contributed by atoms with van der Waals surface area (Å²) in [5.74, 6) is 1.33. The molecule has 0 unspecified atom stereocenters. The van der Waals surface area contributed by atoms with Crippen LogP contribution < -0.4 is 15.2 Å². The molecule has 2 aromatic carbocycles. The highest BCUT2D eigenvalue weighted by Gasteiger charge is 2.22. The zero-order valence-electron chi connectivity index (χ0n) is 17.2. The van der Waals surface area contributed by atoms with Gasteiger partial charge in [0.15, 0.2) is 11.5 Å². The predicted molar refractivity (Wildman–Crippen MR) is 119 cm³/mol. The zero-order chi connectivity index (χ0) is 20.4. The number of amides is 1. The van der Waals surface area contributed by atoms with Crippen molar-refractivity contribution in [1.82, 2.24) is 9.88 Å². The summed E-state index contributed by atoms with van der Waals surface area (Å²) >= 11 is 0. The summed E-state index contributed by atoms with van der Waals surface area (Å²) in [6, 6.07) is 12.1. The second-order valence-corrected chi connectivity index (χ2v) is 7.20. The highest BCUT2D eigenvalue weighted by molar-refractivity contribution is 5.93. The van der Waals surface area contributed by atoms with Crippen LogP contribution in [0, 0.1) is 0 Å². The fourth-order valence-electron chi connectivity index (χ4n) is 3.97. The third-order valence-corrected chi connectivity index (χ3v) is 5.58. The Bertz CT molecular complexity index is 1070. The first-order valence-electron chi connectivity index (χ1n) is 9.71. The molecule has 0 saturated heterocycles. The van der Waals surface area contributed by atoms with E-state index in [2.05, 4.69) is 23.2 Å². The molecule has 3 aromatic rings. The summed E-state index contributed by atoms with van der Waals surface area (Å²) in [5.41, 5.74) is 10.1. The number of ether oxygens (including phenoxy) is 2. The van der Waals surface area contributed by atoms with Gasteiger partial charge in [-0.05, 0) is 40.6 Å². The van der Waals surface area contributed by atoms with E-state index in [1.54, 1.807) is 20.4 Å². The van der Waals surface area contributed by atoms with E-state index in [4.69, 9.17) is 15.2 Å². The van der Waals surface area contributed by atoms with Crippen LogP contribution in [0.4, 0.5) is 0 Å². The fraction of sp³-hybridized carbons (Fsp3) is 0.304. The molecule has 1 aliphatic heterocycles. The van der Waals surface area contributed by atoms with E-state index < -0.39 is 0 Å². The maximum absolute atomic E-state index is 13.1. The molecule has 30 heavy (non-hydrogen) atoms. The van der Waals surface area contributed by atoms with Crippen LogP contribution in [0.2, 0.25) is 0 Å². The van der Waals surface area contributed by atoms with Crippen LogP contribution in [0.5, 0.6) is 11.5 Å². The summed E-state index contributed by atoms with van der Waals surface area (Å²) in [6.07, 6.45) is 2.93. The van der Waals surface area contributed by atoms with E-state index in [0.29, 0.717) is 24.6 Å². The average Bonchev–Trinajstić information content (AvgIpc) is 2.77. The number of hydrogen-bond donors (Lipinski definition) is 1. The lowest BCUT2D eigenvalue weighted by atomic mass is 9.98. The number of carbonyl (C=O) groups excluding carboxylic acids is 1. The number of halogens is 1. The van der Waals surface area contributed by atoms with Gasteiger partial charge in [0.1, 0.15) is 0 Å². The molecule has 0 atom stereocenters. The van der Waals surface area contributed by atoms with E-state index in [9.17, 15) is 4.79 Å². The number of nitrogens with two attached hydrogens (primary N) is 1. The first-order valence-corrected chi connectivity index (χ1v) is 9.71. The van der Waals surface area contributed by atoms with Crippen LogP contribution in [0.25, 0.3) is 10.8 Å². The molecule has 1 aliphatic rings. The van der Waals surface area contributed by atoms with Gasteiger partial charge in [-0.3, -0.25) is 9.78 Å². The number of fused-ring (bicyclic) bond motifs is 2. The normalized spacial score (nSPS) is 12.8. The molecule has 1 amide bonds. The molecule has 6 nitrogen and oxygen atoms in total. The summed E-state index contributed by atoms with van der Waals surface area (Å²) in [6.45, 7) is 1.70. The summed E-state index contributed by atoms with van der Waals surface area (Å²) in [7, 11) is 3.20. The van der Waals surface area contributed by atoms with Crippen molar-refractivity contribution in [2.24, 2.45) is 5.73 Å². The van der Waals surface area contributed by atoms with Crippen molar-refractivity contribution >= 4 is 29.1 Å². The standard InChI is InChI=1S/C23H25N3O3.ClH/c1-28-21-10-18-17(13-25-20(12-24)19(18)11-22(21)29-2)9-23(27)26-8-7-15-5-3-4-6-16(15)14-26;/h3-6,10-11,13H,7-9,12,14,24H2,1-2H3;1H. The molecule has 0 saturated carbocycles. The number of carbonyl (C=O) groups is 1. The average molecular weight is 428 g/mol. The number of hydrogen-bond acceptors (Lipinski definition) is 5. The van der Waals surface area contributed by atoms with E-state index in [0.717, 1.165) is 35.0 Å². The van der Waals surface area contributed by atoms with E-state index in [1.165, 1.54) is 11.1 Å². The first-order chi connectivity index (χ1) is 14.1. The molecule has 2 N–H and O–H groups in total. The molecule has 0 bridgehead atoms. The minimum atomic E-state index is 0. The molecule has 0 radical (unpaired) electrons. The monoisotopic (exact) mass is 427 g/mol. The van der Waals surface area contributed by atoms with Gasteiger partial charge in [-0.1, -0.05) is 24.3 Å². The molecule has 0 spiro atoms. The maximum atomic E-state index is 13.1. The van der Waals surface area contributed by atoms with Crippen LogP contribution in [-0.2, 0) is 30.7 Å². The van der Waals surface area contributed by atoms with Crippen molar-refractivity contribution in [2.75, 3.05) is 20.8 Å². The Hall–Kier alpha value is -2.83. The number of aromatic nitrogens is 1. The third kappa shape index (κ3) is 4.06. The highest BCUT2D eigenvalue weighted by atomic mass is 35.5. The van der Waals surface area contributed by atoms with Crippen LogP contribution in [-0.4, -0.2) is 36.6 Å². The van der Waals surface area contributed by atoms with Crippen molar-refractivity contribution in [2.45, 2.75) is 25.9 Å². The number of methoxy groups -OCH3 is 2. The molecule has 0 fully saturated rings. The van der Waals surface area contributed by atoms with Crippen LogP contribution >= 0.6 is 12.4 Å². The maximum Gasteiger partial charge on any atom is 0.227 e. The topological polar surface area (TPSA) is 77.7 Å². The van der Waals surface area contributed by atoms with E-state index in [1.807, 2.05) is 23.1 Å². The van der Waals surface area contributed by atoms with Crippen molar-refractivity contribution < 1.29 is 14.3 Å². The van der Waals surface area contributed by atoms with Gasteiger partial charge in [0.2, 0.25) is 5.91 Å². The Morgan fingerprint density at radius 3 is 2.43 bits per heavy atom. The van der Waals surface area contributed by atoms with Gasteiger partial charge in [-0.2, -0.15) is 0 Å². The quantitative estimate of drug-likeness (QED) is 0.676. The highest BCUT2D eigenvalue weighted by Crippen LogP contribution is 2.35. The van der Waals surface area contributed by atoms with Gasteiger partial charge < -0.3 is 20.1 Å². The second-order valence-electron chi connectivity index (χ2n) is 7.20. The molecule has 7 heteroatoms. The third-order valence-electron chi connectivity index (χ3n) is 5.58. The Kier molecular flexibility index (Phi) is 6.80. The Labute approximate surface area is 182 Å². The lowest BCUT2D eigenvalue weighted by Gasteiger charge is -2.29. The fourth-order valence-corrected chi connectivity index (χ4v) is 3.97. The first kappa shape index (κ1) is 21.9. The molecule has 1 aromatic heterocycles. The van der Waals surface area contributed by atoms with Gasteiger partial charge in [0.05, 0.1) is 26.3 Å². The molecular weight excluding hydrogens is 402 g/mol. The van der Waals surface area contributed by atoms with Gasteiger partial charge in [-0.25, -0.2) is 0 Å². The van der Waals surface area contributed by atoms with Crippen molar-refractivity contribution in [1.29, 1.82) is 0 Å². The SMILES string of the molecule is COc1cc2c(CC(=O)N3CCc4ccccc4C3)cnc(CN)c2cc1OC.Cl. The number of benzene rings is 2. The number of nitrogens with zero attached hydrogens (tertiary/aromatic N) is 2. The minimum absolute atomic E-state index is 0. The largest absolute Gasteiger partial charge is 0.493 e. The number of pyridine rings is 1. The van der Waals surface area contributed by atoms with Gasteiger partial charge in [0, 0.05) is 31.2 Å². The lowest BCUT2D eigenvalue weighted by molar-refractivity contribution is -0.131. The summed E-state index contributed by atoms with van der Waals surface area (Å²) < 4.78 is 10.9. The van der Waals surface area contributed by atoms with E-state index >= 15 is 0 Å². The summed E-state index contributed by atoms with van der Waals surface area (Å²) in [4.78, 5) is 19.5. The van der Waals surface area contributed by atoms with Crippen LogP contribution in [0.3, 0.4) is 0 Å². The Morgan fingerprint density at radius 1 is 1.10 bits per heavy atom. The van der Waals surface area contributed by atoms with Crippen molar-refractivity contribution in [3.8, 4) is 11.5 Å². The van der Waals surface area contributed by atoms with E-state index in [-0.39, 0.29) is 24.7 Å². The molecule has 158 valence electrons. The molecule has 4 rings (SSSR count). The number of rotatable bonds is 5. The molecule has 2 heterocycles. The molecular formula is C23H26ClN3O3. The van der Waals surface area contributed by atoms with Crippen LogP contribution in [0.1, 0.15) is 22.4 Å². The minimum Gasteiger partial charge on any atom is -0.493 e. The molecule has 0 aliphatic carbocycles. The van der Waals surface area contributed by atoms with Gasteiger partial charge >= 0.3 is 0 Å². The smallest absolute Gasteiger partial charge is 0.227 e. The van der Waals surface area contributed by atoms with Crippen molar-refractivity contribution in [3.63, 3.8) is 0 Å². The zero-order valence-corrected chi connectivity index (χ0v) is 18.0. The lowest BCUT2D eigenvalue weighted by Crippen LogP contribution is -2.36. The Morgan fingerprint density at radius 2 is 1.77 bits per heavy atom. The van der Waals surface area contributed by atoms with Crippen LogP contribution in [0.15, 0.2) is 42.6 Å². The Balaban J connectivity index is 0.00000256. The van der Waals surface area contributed by atoms with Gasteiger partial charge in [-0.15, -0.1) is 12.4 Å². The predicted octanol–water partition coefficient (Wildman–Crippen LogP) is 3.26.